The smallest absolute Gasteiger partial charge is 0.162 e. The molecular formula is C10H17NO2. The number of nitrogens with zero attached hydrogens (tertiary/aromatic N) is 1. The number of hydrogen-bond acceptors (Lipinski definition) is 3. The number of ether oxygens (including phenoxy) is 1. The zero-order chi connectivity index (χ0) is 9.52. The first-order valence-electron chi connectivity index (χ1n) is 4.89. The van der Waals surface area contributed by atoms with Gasteiger partial charge in [0, 0.05) is 12.7 Å². The van der Waals surface area contributed by atoms with Crippen molar-refractivity contribution in [2.45, 2.75) is 39.7 Å². The van der Waals surface area contributed by atoms with Crippen LogP contribution in [0.15, 0.2) is 10.6 Å². The Morgan fingerprint density at radius 2 is 2.31 bits per heavy atom. The molecule has 1 rings (SSSR count). The van der Waals surface area contributed by atoms with Gasteiger partial charge in [0.1, 0.15) is 6.61 Å². The molecule has 0 unspecified atom stereocenters. The van der Waals surface area contributed by atoms with Crippen LogP contribution < -0.4 is 0 Å². The molecule has 3 nitrogen and oxygen atoms in total. The van der Waals surface area contributed by atoms with E-state index in [0.717, 1.165) is 17.9 Å². The van der Waals surface area contributed by atoms with E-state index >= 15 is 0 Å². The third-order valence-corrected chi connectivity index (χ3v) is 1.84. The van der Waals surface area contributed by atoms with Crippen molar-refractivity contribution in [1.29, 1.82) is 0 Å². The lowest BCUT2D eigenvalue weighted by atomic mass is 10.2. The molecule has 0 aliphatic heterocycles. The van der Waals surface area contributed by atoms with Crippen LogP contribution in [0.25, 0.3) is 0 Å². The molecule has 0 aliphatic carbocycles. The van der Waals surface area contributed by atoms with Gasteiger partial charge < -0.3 is 9.26 Å². The Bertz CT molecular complexity index is 210. The van der Waals surface area contributed by atoms with Crippen molar-refractivity contribution in [2.75, 3.05) is 6.61 Å². The summed E-state index contributed by atoms with van der Waals surface area (Å²) in [7, 11) is 0. The second-order valence-corrected chi connectivity index (χ2v) is 3.03. The molecule has 0 radical (unpaired) electrons. The molecule has 3 heteroatoms. The van der Waals surface area contributed by atoms with Gasteiger partial charge in [0.05, 0.1) is 5.69 Å². The Morgan fingerprint density at radius 3 is 3.00 bits per heavy atom. The molecule has 0 atom stereocenters. The fourth-order valence-electron chi connectivity index (χ4n) is 1.10. The predicted molar refractivity (Wildman–Crippen MR) is 50.4 cm³/mol. The number of aryl methyl sites for hydroxylation is 1. The minimum atomic E-state index is 0.537. The van der Waals surface area contributed by atoms with Crippen molar-refractivity contribution >= 4 is 0 Å². The topological polar surface area (TPSA) is 35.3 Å². The predicted octanol–water partition coefficient (Wildman–Crippen LogP) is 2.55. The molecule has 0 N–H and O–H groups in total. The molecule has 0 aliphatic rings. The minimum absolute atomic E-state index is 0.537. The Hall–Kier alpha value is -0.830. The van der Waals surface area contributed by atoms with E-state index in [0.29, 0.717) is 13.2 Å². The van der Waals surface area contributed by atoms with E-state index in [9.17, 15) is 0 Å². The van der Waals surface area contributed by atoms with Crippen molar-refractivity contribution in [3.63, 3.8) is 0 Å². The standard InChI is InChI=1S/C10H17NO2/c1-3-5-6-9-7-10(13-11-9)8-12-4-2/h7H,3-6,8H2,1-2H3. The van der Waals surface area contributed by atoms with E-state index in [1.165, 1.54) is 12.8 Å². The molecule has 1 aromatic rings. The van der Waals surface area contributed by atoms with Crippen LogP contribution in [0, 0.1) is 0 Å². The molecule has 1 aromatic heterocycles. The average Bonchev–Trinajstić information content (AvgIpc) is 2.59. The highest BCUT2D eigenvalue weighted by molar-refractivity contribution is 5.04. The van der Waals surface area contributed by atoms with Gasteiger partial charge in [-0.1, -0.05) is 18.5 Å². The van der Waals surface area contributed by atoms with Crippen LogP contribution in [0.1, 0.15) is 38.1 Å². The SMILES string of the molecule is CCCCc1cc(COCC)on1. The van der Waals surface area contributed by atoms with Crippen LogP contribution in [0.2, 0.25) is 0 Å². The molecule has 0 saturated heterocycles. The van der Waals surface area contributed by atoms with Crippen LogP contribution in [-0.2, 0) is 17.8 Å². The Labute approximate surface area is 79.1 Å². The first-order valence-corrected chi connectivity index (χ1v) is 4.89. The van der Waals surface area contributed by atoms with Gasteiger partial charge in [-0.2, -0.15) is 0 Å². The molecule has 0 aromatic carbocycles. The molecule has 13 heavy (non-hydrogen) atoms. The summed E-state index contributed by atoms with van der Waals surface area (Å²) >= 11 is 0. The first-order chi connectivity index (χ1) is 6.36. The van der Waals surface area contributed by atoms with Crippen molar-refractivity contribution < 1.29 is 9.26 Å². The molecule has 0 spiro atoms. The monoisotopic (exact) mass is 183 g/mol. The van der Waals surface area contributed by atoms with Gasteiger partial charge in [-0.3, -0.25) is 0 Å². The first kappa shape index (κ1) is 10.3. The number of aromatic nitrogens is 1. The summed E-state index contributed by atoms with van der Waals surface area (Å²) in [6, 6.07) is 1.98. The molecule has 0 amide bonds. The van der Waals surface area contributed by atoms with E-state index in [1.54, 1.807) is 0 Å². The van der Waals surface area contributed by atoms with Crippen molar-refractivity contribution in [3.8, 4) is 0 Å². The van der Waals surface area contributed by atoms with Crippen LogP contribution in [0.5, 0.6) is 0 Å². The fraction of sp³-hybridized carbons (Fsp3) is 0.700. The summed E-state index contributed by atoms with van der Waals surface area (Å²) < 4.78 is 10.3. The summed E-state index contributed by atoms with van der Waals surface area (Å²) in [6.07, 6.45) is 3.36. The van der Waals surface area contributed by atoms with Crippen molar-refractivity contribution in [3.05, 3.63) is 17.5 Å². The average molecular weight is 183 g/mol. The second-order valence-electron chi connectivity index (χ2n) is 3.03. The van der Waals surface area contributed by atoms with Crippen LogP contribution in [0.3, 0.4) is 0 Å². The zero-order valence-corrected chi connectivity index (χ0v) is 8.38. The third-order valence-electron chi connectivity index (χ3n) is 1.84. The van der Waals surface area contributed by atoms with E-state index in [4.69, 9.17) is 9.26 Å². The summed E-state index contributed by atoms with van der Waals surface area (Å²) in [6.45, 7) is 5.39. The third kappa shape index (κ3) is 3.59. The maximum Gasteiger partial charge on any atom is 0.162 e. The van der Waals surface area contributed by atoms with E-state index in [-0.39, 0.29) is 0 Å². The summed E-state index contributed by atoms with van der Waals surface area (Å²) in [4.78, 5) is 0. The van der Waals surface area contributed by atoms with E-state index in [2.05, 4.69) is 12.1 Å². The Balaban J connectivity index is 2.34. The van der Waals surface area contributed by atoms with Crippen LogP contribution in [-0.4, -0.2) is 11.8 Å². The summed E-state index contributed by atoms with van der Waals surface area (Å²) in [5.41, 5.74) is 1.04. The molecule has 0 bridgehead atoms. The Morgan fingerprint density at radius 1 is 1.46 bits per heavy atom. The van der Waals surface area contributed by atoms with E-state index in [1.807, 2.05) is 13.0 Å². The lowest BCUT2D eigenvalue weighted by Gasteiger charge is -1.93. The number of unbranched alkanes of at least 4 members (excludes halogenated alkanes) is 1. The second kappa shape index (κ2) is 5.75. The maximum atomic E-state index is 5.20. The molecule has 1 heterocycles. The zero-order valence-electron chi connectivity index (χ0n) is 8.38. The highest BCUT2D eigenvalue weighted by Crippen LogP contribution is 2.07. The fourth-order valence-corrected chi connectivity index (χ4v) is 1.10. The maximum absolute atomic E-state index is 5.20. The summed E-state index contributed by atoms with van der Waals surface area (Å²) in [5, 5.41) is 3.95. The molecular weight excluding hydrogens is 166 g/mol. The molecule has 0 fully saturated rings. The van der Waals surface area contributed by atoms with Gasteiger partial charge in [-0.05, 0) is 19.8 Å². The van der Waals surface area contributed by atoms with Gasteiger partial charge in [-0.15, -0.1) is 0 Å². The van der Waals surface area contributed by atoms with Gasteiger partial charge in [0.15, 0.2) is 5.76 Å². The van der Waals surface area contributed by atoms with Crippen molar-refractivity contribution in [1.82, 2.24) is 5.16 Å². The summed E-state index contributed by atoms with van der Waals surface area (Å²) in [5.74, 6) is 0.827. The lowest BCUT2D eigenvalue weighted by molar-refractivity contribution is 0.112. The minimum Gasteiger partial charge on any atom is -0.374 e. The molecule has 0 saturated carbocycles. The van der Waals surface area contributed by atoms with Gasteiger partial charge in [0.25, 0.3) is 0 Å². The van der Waals surface area contributed by atoms with Gasteiger partial charge in [-0.25, -0.2) is 0 Å². The number of rotatable bonds is 6. The Kier molecular flexibility index (Phi) is 4.54. The normalized spacial score (nSPS) is 10.6. The van der Waals surface area contributed by atoms with Crippen molar-refractivity contribution in [2.24, 2.45) is 0 Å². The van der Waals surface area contributed by atoms with Crippen LogP contribution in [0.4, 0.5) is 0 Å². The highest BCUT2D eigenvalue weighted by atomic mass is 16.5. The highest BCUT2D eigenvalue weighted by Gasteiger charge is 2.02. The van der Waals surface area contributed by atoms with Gasteiger partial charge in [0.2, 0.25) is 0 Å². The quantitative estimate of drug-likeness (QED) is 0.679. The van der Waals surface area contributed by atoms with Crippen LogP contribution >= 0.6 is 0 Å². The van der Waals surface area contributed by atoms with Gasteiger partial charge >= 0.3 is 0 Å². The largest absolute Gasteiger partial charge is 0.374 e. The molecule has 74 valence electrons. The number of hydrogen-bond donors (Lipinski definition) is 0. The lowest BCUT2D eigenvalue weighted by Crippen LogP contribution is -1.88. The van der Waals surface area contributed by atoms with E-state index < -0.39 is 0 Å².